The van der Waals surface area contributed by atoms with Crippen LogP contribution in [0.3, 0.4) is 0 Å². The maximum Gasteiger partial charge on any atom is 0.267 e. The van der Waals surface area contributed by atoms with Crippen molar-refractivity contribution in [3.8, 4) is 17.8 Å². The highest BCUT2D eigenvalue weighted by Gasteiger charge is 2.23. The lowest BCUT2D eigenvalue weighted by Gasteiger charge is -2.21. The van der Waals surface area contributed by atoms with Gasteiger partial charge in [0, 0.05) is 6.20 Å². The molecule has 3 heterocycles. The van der Waals surface area contributed by atoms with Crippen molar-refractivity contribution in [3.63, 3.8) is 0 Å². The van der Waals surface area contributed by atoms with E-state index < -0.39 is 17.4 Å². The molecular weight excluding hydrogens is 427 g/mol. The number of fused-ring (bicyclic) bond motifs is 1. The summed E-state index contributed by atoms with van der Waals surface area (Å²) in [7, 11) is 0. The van der Waals surface area contributed by atoms with Crippen LogP contribution in [0.4, 0.5) is 22.0 Å². The summed E-state index contributed by atoms with van der Waals surface area (Å²) in [6, 6.07) is 8.53. The molecule has 0 bridgehead atoms. The Morgan fingerprint density at radius 1 is 1.15 bits per heavy atom. The van der Waals surface area contributed by atoms with E-state index >= 15 is 0 Å². The third kappa shape index (κ3) is 3.62. The second-order valence-electron chi connectivity index (χ2n) is 6.92. The minimum Gasteiger partial charge on any atom is -0.382 e. The predicted molar refractivity (Wildman–Crippen MR) is 117 cm³/mol. The number of pyridine rings is 1. The molecule has 1 atom stereocenters. The van der Waals surface area contributed by atoms with Crippen LogP contribution >= 0.6 is 0 Å². The van der Waals surface area contributed by atoms with Crippen LogP contribution in [-0.2, 0) is 0 Å². The summed E-state index contributed by atoms with van der Waals surface area (Å²) in [6.45, 7) is 1.63. The molecule has 1 unspecified atom stereocenters. The molecule has 162 valence electrons. The van der Waals surface area contributed by atoms with E-state index in [0.717, 1.165) is 6.07 Å². The summed E-state index contributed by atoms with van der Waals surface area (Å²) in [5.74, 6) is -0.953. The molecule has 0 saturated heterocycles. The van der Waals surface area contributed by atoms with Gasteiger partial charge in [-0.15, -0.1) is 0 Å². The molecule has 33 heavy (non-hydrogen) atoms. The monoisotopic (exact) mass is 442 g/mol. The van der Waals surface area contributed by atoms with Gasteiger partial charge in [-0.2, -0.15) is 20.5 Å². The number of hydrogen-bond acceptors (Lipinski definition) is 10. The zero-order valence-electron chi connectivity index (χ0n) is 17.1. The van der Waals surface area contributed by atoms with Gasteiger partial charge in [0.15, 0.2) is 5.82 Å². The van der Waals surface area contributed by atoms with Gasteiger partial charge in [-0.25, -0.2) is 9.37 Å². The van der Waals surface area contributed by atoms with Crippen LogP contribution in [0, 0.1) is 28.5 Å². The van der Waals surface area contributed by atoms with Crippen molar-refractivity contribution < 1.29 is 4.39 Å². The molecule has 5 N–H and O–H groups in total. The van der Waals surface area contributed by atoms with Crippen molar-refractivity contribution in [2.75, 3.05) is 16.8 Å². The van der Waals surface area contributed by atoms with Gasteiger partial charge < -0.3 is 16.8 Å². The first-order valence-electron chi connectivity index (χ1n) is 9.51. The molecule has 11 nitrogen and oxygen atoms in total. The maximum atomic E-state index is 14.7. The van der Waals surface area contributed by atoms with Crippen LogP contribution < -0.4 is 22.3 Å². The number of nitrogens with two attached hydrogens (primary N) is 2. The van der Waals surface area contributed by atoms with Crippen molar-refractivity contribution in [1.29, 1.82) is 10.5 Å². The Morgan fingerprint density at radius 3 is 2.61 bits per heavy atom. The average molecular weight is 442 g/mol. The predicted octanol–water partition coefficient (Wildman–Crippen LogP) is 1.79. The number of nitrogens with zero attached hydrogens (tertiary/aromatic N) is 7. The first-order valence-corrected chi connectivity index (χ1v) is 9.51. The number of benzene rings is 1. The fourth-order valence-electron chi connectivity index (χ4n) is 3.37. The Balaban J connectivity index is 2.00. The quantitative estimate of drug-likeness (QED) is 0.421. The number of aromatic nitrogens is 5. The first kappa shape index (κ1) is 21.1. The summed E-state index contributed by atoms with van der Waals surface area (Å²) >= 11 is 0. The SMILES string of the molecule is CC(Nc1nc(N)nc(N)c1C#N)c1nc2c(F)ccc(C#N)c2c(=O)n1-c1cccnc1. The lowest BCUT2D eigenvalue weighted by atomic mass is 10.1. The Hall–Kier alpha value is -5.10. The van der Waals surface area contributed by atoms with Crippen LogP contribution in [0.15, 0.2) is 41.5 Å². The fourth-order valence-corrected chi connectivity index (χ4v) is 3.37. The molecule has 3 aromatic heterocycles. The van der Waals surface area contributed by atoms with Gasteiger partial charge in [0.1, 0.15) is 40.7 Å². The Labute approximate surface area is 185 Å². The molecule has 1 aromatic carbocycles. The van der Waals surface area contributed by atoms with Gasteiger partial charge in [0.25, 0.3) is 5.56 Å². The number of anilines is 3. The molecule has 0 radical (unpaired) electrons. The van der Waals surface area contributed by atoms with Crippen molar-refractivity contribution in [1.82, 2.24) is 24.5 Å². The molecule has 0 aliphatic rings. The fraction of sp³-hybridized carbons (Fsp3) is 0.0952. The van der Waals surface area contributed by atoms with Gasteiger partial charge >= 0.3 is 0 Å². The number of nitriles is 2. The molecule has 0 aliphatic heterocycles. The zero-order valence-corrected chi connectivity index (χ0v) is 17.1. The van der Waals surface area contributed by atoms with Crippen molar-refractivity contribution in [2.45, 2.75) is 13.0 Å². The minimum absolute atomic E-state index is 0.0168. The minimum atomic E-state index is -0.798. The lowest BCUT2D eigenvalue weighted by molar-refractivity contribution is 0.632. The summed E-state index contributed by atoms with van der Waals surface area (Å²) < 4.78 is 15.9. The summed E-state index contributed by atoms with van der Waals surface area (Å²) in [5.41, 5.74) is 10.8. The van der Waals surface area contributed by atoms with Crippen molar-refractivity contribution in [3.05, 3.63) is 69.8 Å². The van der Waals surface area contributed by atoms with Crippen molar-refractivity contribution in [2.24, 2.45) is 0 Å². The van der Waals surface area contributed by atoms with Gasteiger partial charge in [0.05, 0.1) is 28.9 Å². The molecule has 12 heteroatoms. The number of rotatable bonds is 4. The zero-order chi connectivity index (χ0) is 23.7. The number of nitrogen functional groups attached to an aromatic ring is 2. The normalized spacial score (nSPS) is 11.5. The van der Waals surface area contributed by atoms with Crippen LogP contribution in [0.5, 0.6) is 0 Å². The second kappa shape index (κ2) is 8.20. The standard InChI is InChI=1S/C21H15FN10O/c1-10(28-18-13(8-24)17(25)30-21(26)31-18)19-29-16-14(22)5-4-11(7-23)15(16)20(33)32(19)12-3-2-6-27-9-12/h2-6,9-10H,1H3,(H5,25,26,28,30,31). The Kier molecular flexibility index (Phi) is 5.26. The molecule has 0 fully saturated rings. The van der Waals surface area contributed by atoms with Gasteiger partial charge in [0.2, 0.25) is 5.95 Å². The van der Waals surface area contributed by atoms with Gasteiger partial charge in [-0.05, 0) is 31.2 Å². The summed E-state index contributed by atoms with van der Waals surface area (Å²) in [4.78, 5) is 29.7. The van der Waals surface area contributed by atoms with E-state index in [1.165, 1.54) is 23.0 Å². The number of halogens is 1. The molecule has 0 saturated carbocycles. The highest BCUT2D eigenvalue weighted by molar-refractivity contribution is 5.84. The highest BCUT2D eigenvalue weighted by atomic mass is 19.1. The molecular formula is C21H15FN10O. The highest BCUT2D eigenvalue weighted by Crippen LogP contribution is 2.26. The Bertz CT molecular complexity index is 1540. The van der Waals surface area contributed by atoms with E-state index in [1.807, 2.05) is 12.1 Å². The van der Waals surface area contributed by atoms with Crippen LogP contribution in [0.2, 0.25) is 0 Å². The summed E-state index contributed by atoms with van der Waals surface area (Å²) in [6.07, 6.45) is 2.95. The van der Waals surface area contributed by atoms with E-state index in [4.69, 9.17) is 11.5 Å². The molecule has 4 rings (SSSR count). The lowest BCUT2D eigenvalue weighted by Crippen LogP contribution is -2.28. The third-order valence-corrected chi connectivity index (χ3v) is 4.83. The third-order valence-electron chi connectivity index (χ3n) is 4.83. The molecule has 0 spiro atoms. The molecule has 4 aromatic rings. The first-order chi connectivity index (χ1) is 15.8. The second-order valence-corrected chi connectivity index (χ2v) is 6.92. The molecule has 0 aliphatic carbocycles. The van der Waals surface area contributed by atoms with Crippen LogP contribution in [-0.4, -0.2) is 24.5 Å². The number of hydrogen-bond donors (Lipinski definition) is 3. The maximum absolute atomic E-state index is 14.7. The summed E-state index contributed by atoms with van der Waals surface area (Å²) in [5, 5.41) is 21.7. The van der Waals surface area contributed by atoms with Gasteiger partial charge in [-0.1, -0.05) is 0 Å². The largest absolute Gasteiger partial charge is 0.382 e. The molecule has 0 amide bonds. The van der Waals surface area contributed by atoms with Crippen LogP contribution in [0.25, 0.3) is 16.6 Å². The van der Waals surface area contributed by atoms with Gasteiger partial charge in [-0.3, -0.25) is 14.3 Å². The average Bonchev–Trinajstić information content (AvgIpc) is 2.79. The van der Waals surface area contributed by atoms with E-state index in [9.17, 15) is 19.7 Å². The topological polar surface area (TPSA) is 185 Å². The van der Waals surface area contributed by atoms with E-state index in [1.54, 1.807) is 19.1 Å². The van der Waals surface area contributed by atoms with E-state index in [0.29, 0.717) is 5.69 Å². The smallest absolute Gasteiger partial charge is 0.267 e. The van der Waals surface area contributed by atoms with E-state index in [-0.39, 0.29) is 45.4 Å². The van der Waals surface area contributed by atoms with Crippen LogP contribution in [0.1, 0.15) is 29.9 Å². The van der Waals surface area contributed by atoms with Crippen molar-refractivity contribution >= 4 is 28.5 Å². The Morgan fingerprint density at radius 2 is 1.94 bits per heavy atom. The number of nitrogens with one attached hydrogen (secondary N) is 1. The van der Waals surface area contributed by atoms with E-state index in [2.05, 4.69) is 25.3 Å².